The Morgan fingerprint density at radius 3 is 2.50 bits per heavy atom. The molecule has 4 atom stereocenters. The van der Waals surface area contributed by atoms with Gasteiger partial charge in [0.25, 0.3) is 5.56 Å². The number of rotatable bonds is 2. The van der Waals surface area contributed by atoms with Crippen molar-refractivity contribution >= 4 is 11.0 Å². The van der Waals surface area contributed by atoms with E-state index in [-0.39, 0.29) is 17.6 Å². The highest BCUT2D eigenvalue weighted by atomic mass is 16.3. The minimum atomic E-state index is -1.16. The number of aromatic nitrogens is 3. The molecule has 2 aromatic heterocycles. The zero-order valence-corrected chi connectivity index (χ0v) is 10.3. The van der Waals surface area contributed by atoms with E-state index in [1.807, 2.05) is 0 Å². The number of aliphatic hydroxyl groups excluding tert-OH is 3. The van der Waals surface area contributed by atoms with Gasteiger partial charge in [0.1, 0.15) is 11.6 Å². The summed E-state index contributed by atoms with van der Waals surface area (Å²) in [5.74, 6) is 0. The van der Waals surface area contributed by atoms with Gasteiger partial charge in [-0.15, -0.1) is 0 Å². The van der Waals surface area contributed by atoms with Crippen molar-refractivity contribution in [2.45, 2.75) is 24.3 Å². The van der Waals surface area contributed by atoms with Gasteiger partial charge in [0.15, 0.2) is 0 Å². The van der Waals surface area contributed by atoms with E-state index < -0.39 is 35.5 Å². The largest absolute Gasteiger partial charge is 0.395 e. The molecule has 0 amide bonds. The highest BCUT2D eigenvalue weighted by Crippen LogP contribution is 2.30. The quantitative estimate of drug-likeness (QED) is 0.317. The lowest BCUT2D eigenvalue weighted by Crippen LogP contribution is -2.35. The van der Waals surface area contributed by atoms with Crippen LogP contribution in [0.2, 0.25) is 0 Å². The van der Waals surface area contributed by atoms with E-state index in [1.54, 1.807) is 0 Å². The third-order valence-corrected chi connectivity index (χ3v) is 3.63. The SMILES string of the molecule is O=c1[nH]c(=O)c2[nH]cc([C@@H]3N[C@H](CO)[C@H](O)[C@@H]3O)c2[nH]1. The van der Waals surface area contributed by atoms with Crippen LogP contribution in [0.15, 0.2) is 15.8 Å². The summed E-state index contributed by atoms with van der Waals surface area (Å²) >= 11 is 0. The zero-order chi connectivity index (χ0) is 14.4. The maximum Gasteiger partial charge on any atom is 0.326 e. The van der Waals surface area contributed by atoms with Gasteiger partial charge in [-0.2, -0.15) is 0 Å². The maximum atomic E-state index is 11.6. The molecule has 0 aromatic carbocycles. The summed E-state index contributed by atoms with van der Waals surface area (Å²) in [5, 5.41) is 31.8. The number of fused-ring (bicyclic) bond motifs is 1. The van der Waals surface area contributed by atoms with Crippen molar-refractivity contribution in [3.05, 3.63) is 32.6 Å². The number of aromatic amines is 3. The number of hydrogen-bond acceptors (Lipinski definition) is 6. The van der Waals surface area contributed by atoms with E-state index >= 15 is 0 Å². The smallest absolute Gasteiger partial charge is 0.326 e. The monoisotopic (exact) mass is 282 g/mol. The number of nitrogens with one attached hydrogen (secondary N) is 4. The van der Waals surface area contributed by atoms with E-state index in [1.165, 1.54) is 6.20 Å². The van der Waals surface area contributed by atoms with Crippen molar-refractivity contribution in [2.75, 3.05) is 6.61 Å². The van der Waals surface area contributed by atoms with E-state index in [0.717, 1.165) is 0 Å². The molecular weight excluding hydrogens is 268 g/mol. The Hall–Kier alpha value is -1.94. The fourth-order valence-corrected chi connectivity index (χ4v) is 2.61. The van der Waals surface area contributed by atoms with Crippen molar-refractivity contribution in [1.82, 2.24) is 20.3 Å². The predicted octanol–water partition coefficient (Wildman–Crippen LogP) is -2.73. The molecule has 0 saturated carbocycles. The molecule has 3 heterocycles. The fourth-order valence-electron chi connectivity index (χ4n) is 2.61. The Bertz CT molecular complexity index is 747. The topological polar surface area (TPSA) is 154 Å². The molecule has 1 fully saturated rings. The second-order valence-corrected chi connectivity index (χ2v) is 4.82. The van der Waals surface area contributed by atoms with Gasteiger partial charge in [-0.3, -0.25) is 9.78 Å². The van der Waals surface area contributed by atoms with Crippen LogP contribution in [0.4, 0.5) is 0 Å². The molecule has 0 unspecified atom stereocenters. The van der Waals surface area contributed by atoms with Crippen LogP contribution in [-0.2, 0) is 0 Å². The van der Waals surface area contributed by atoms with Crippen LogP contribution >= 0.6 is 0 Å². The summed E-state index contributed by atoms with van der Waals surface area (Å²) in [7, 11) is 0. The van der Waals surface area contributed by atoms with Crippen LogP contribution in [0.3, 0.4) is 0 Å². The van der Waals surface area contributed by atoms with Crippen molar-refractivity contribution in [3.8, 4) is 0 Å². The van der Waals surface area contributed by atoms with Gasteiger partial charge in [0.2, 0.25) is 0 Å². The molecule has 9 heteroatoms. The summed E-state index contributed by atoms with van der Waals surface area (Å²) in [6.45, 7) is -0.339. The average Bonchev–Trinajstić information content (AvgIpc) is 2.93. The molecule has 9 nitrogen and oxygen atoms in total. The number of H-pyrrole nitrogens is 3. The summed E-state index contributed by atoms with van der Waals surface area (Å²) in [4.78, 5) is 30.2. The van der Waals surface area contributed by atoms with Gasteiger partial charge in [0, 0.05) is 11.8 Å². The number of hydrogen-bond donors (Lipinski definition) is 7. The molecule has 0 aliphatic carbocycles. The highest BCUT2D eigenvalue weighted by molar-refractivity contribution is 5.78. The molecule has 0 radical (unpaired) electrons. The standard InChI is InChI=1S/C11H14N4O5/c16-2-4-8(17)9(18)6(13-4)3-1-12-7-5(3)14-11(20)15-10(7)19/h1,4,6,8-9,12-13,16-18H,2H2,(H2,14,15,19,20)/t4-,6+,8+,9-/m1/s1. The molecule has 108 valence electrons. The molecule has 20 heavy (non-hydrogen) atoms. The molecule has 1 aliphatic heterocycles. The normalized spacial score (nSPS) is 30.1. The van der Waals surface area contributed by atoms with Gasteiger partial charge in [-0.25, -0.2) is 4.79 Å². The minimum Gasteiger partial charge on any atom is -0.395 e. The maximum absolute atomic E-state index is 11.6. The first-order valence-electron chi connectivity index (χ1n) is 6.09. The van der Waals surface area contributed by atoms with Crippen molar-refractivity contribution in [2.24, 2.45) is 0 Å². The second kappa shape index (κ2) is 4.56. The highest BCUT2D eigenvalue weighted by Gasteiger charge is 2.42. The molecule has 2 aromatic rings. The van der Waals surface area contributed by atoms with Crippen LogP contribution in [0.25, 0.3) is 11.0 Å². The lowest BCUT2D eigenvalue weighted by molar-refractivity contribution is 0.0196. The molecule has 3 rings (SSSR count). The fraction of sp³-hybridized carbons (Fsp3) is 0.455. The first-order chi connectivity index (χ1) is 9.52. The lowest BCUT2D eigenvalue weighted by atomic mass is 10.0. The predicted molar refractivity (Wildman–Crippen MR) is 68.3 cm³/mol. The van der Waals surface area contributed by atoms with E-state index in [2.05, 4.69) is 20.3 Å². The summed E-state index contributed by atoms with van der Waals surface area (Å²) in [6, 6.07) is -1.37. The van der Waals surface area contributed by atoms with Crippen LogP contribution in [0.5, 0.6) is 0 Å². The molecule has 7 N–H and O–H groups in total. The Kier molecular flexibility index (Phi) is 2.98. The second-order valence-electron chi connectivity index (χ2n) is 4.82. The molecule has 0 bridgehead atoms. The Morgan fingerprint density at radius 1 is 1.10 bits per heavy atom. The first kappa shape index (κ1) is 13.1. The van der Waals surface area contributed by atoms with Gasteiger partial charge in [0.05, 0.1) is 30.3 Å². The van der Waals surface area contributed by atoms with Crippen LogP contribution in [0, 0.1) is 0 Å². The van der Waals surface area contributed by atoms with Crippen LogP contribution in [-0.4, -0.2) is 55.1 Å². The molecule has 1 saturated heterocycles. The molecule has 1 aliphatic rings. The minimum absolute atomic E-state index is 0.176. The zero-order valence-electron chi connectivity index (χ0n) is 10.3. The molecular formula is C11H14N4O5. The van der Waals surface area contributed by atoms with Crippen molar-refractivity contribution < 1.29 is 15.3 Å². The third-order valence-electron chi connectivity index (χ3n) is 3.63. The van der Waals surface area contributed by atoms with Crippen LogP contribution in [0.1, 0.15) is 11.6 Å². The lowest BCUT2D eigenvalue weighted by Gasteiger charge is -2.14. The van der Waals surface area contributed by atoms with Crippen molar-refractivity contribution in [1.29, 1.82) is 0 Å². The molecule has 0 spiro atoms. The van der Waals surface area contributed by atoms with Gasteiger partial charge >= 0.3 is 5.69 Å². The Morgan fingerprint density at radius 2 is 1.85 bits per heavy atom. The van der Waals surface area contributed by atoms with E-state index in [9.17, 15) is 19.8 Å². The van der Waals surface area contributed by atoms with E-state index in [4.69, 9.17) is 5.11 Å². The first-order valence-corrected chi connectivity index (χ1v) is 6.09. The summed E-state index contributed by atoms with van der Waals surface area (Å²) < 4.78 is 0. The summed E-state index contributed by atoms with van der Waals surface area (Å²) in [5.41, 5.74) is -0.334. The Labute approximate surface area is 111 Å². The Balaban J connectivity index is 2.12. The number of aliphatic hydroxyl groups is 3. The van der Waals surface area contributed by atoms with Gasteiger partial charge < -0.3 is 30.6 Å². The third kappa shape index (κ3) is 1.79. The van der Waals surface area contributed by atoms with Crippen molar-refractivity contribution in [3.63, 3.8) is 0 Å². The van der Waals surface area contributed by atoms with E-state index in [0.29, 0.717) is 5.56 Å². The average molecular weight is 282 g/mol. The van der Waals surface area contributed by atoms with Gasteiger partial charge in [-0.1, -0.05) is 0 Å². The van der Waals surface area contributed by atoms with Gasteiger partial charge in [-0.05, 0) is 0 Å². The van der Waals surface area contributed by atoms with Crippen LogP contribution < -0.4 is 16.6 Å². The summed E-state index contributed by atoms with van der Waals surface area (Å²) in [6.07, 6.45) is -0.818.